The summed E-state index contributed by atoms with van der Waals surface area (Å²) in [6, 6.07) is 0. The molecule has 92 valence electrons. The zero-order chi connectivity index (χ0) is 12.2. The molecule has 0 spiro atoms. The second-order valence-electron chi connectivity index (χ2n) is 4.99. The molecule has 0 fully saturated rings. The average molecular weight is 226 g/mol. The van der Waals surface area contributed by atoms with Crippen LogP contribution < -0.4 is 5.32 Å². The fraction of sp³-hybridized carbons (Fsp3) is 0.750. The summed E-state index contributed by atoms with van der Waals surface area (Å²) in [6.45, 7) is 10.7. The molecule has 0 saturated heterocycles. The van der Waals surface area contributed by atoms with Gasteiger partial charge < -0.3 is 15.0 Å². The van der Waals surface area contributed by atoms with E-state index < -0.39 is 5.60 Å². The number of likely N-dealkylation sites (N-methyl/N-ethyl adjacent to an activating group) is 1. The zero-order valence-corrected chi connectivity index (χ0v) is 10.7. The maximum Gasteiger partial charge on any atom is 0.410 e. The molecule has 0 aromatic rings. The lowest BCUT2D eigenvalue weighted by Gasteiger charge is -2.26. The summed E-state index contributed by atoms with van der Waals surface area (Å²) in [6.07, 6.45) is 1.90. The standard InChI is InChI=1S/C12H22N2O2/c1-5-14(9-10-6-7-13-8-10)11(15)16-12(2,3)4/h6,13H,5,7-9H2,1-4H3. The Balaban J connectivity index is 2.49. The van der Waals surface area contributed by atoms with Crippen LogP contribution in [0, 0.1) is 0 Å². The van der Waals surface area contributed by atoms with Crippen LogP contribution in [0.2, 0.25) is 0 Å². The van der Waals surface area contributed by atoms with E-state index in [1.54, 1.807) is 4.90 Å². The fourth-order valence-electron chi connectivity index (χ4n) is 1.52. The quantitative estimate of drug-likeness (QED) is 0.746. The highest BCUT2D eigenvalue weighted by Crippen LogP contribution is 2.11. The van der Waals surface area contributed by atoms with E-state index in [1.165, 1.54) is 5.57 Å². The van der Waals surface area contributed by atoms with Crippen molar-refractivity contribution in [1.29, 1.82) is 0 Å². The first-order valence-corrected chi connectivity index (χ1v) is 5.79. The van der Waals surface area contributed by atoms with Crippen LogP contribution in [-0.2, 0) is 4.74 Å². The van der Waals surface area contributed by atoms with Crippen LogP contribution >= 0.6 is 0 Å². The molecule has 4 nitrogen and oxygen atoms in total. The molecule has 1 heterocycles. The van der Waals surface area contributed by atoms with Crippen LogP contribution in [0.4, 0.5) is 4.79 Å². The van der Waals surface area contributed by atoms with Gasteiger partial charge in [-0.2, -0.15) is 0 Å². The monoisotopic (exact) mass is 226 g/mol. The molecule has 1 aliphatic rings. The van der Waals surface area contributed by atoms with E-state index in [4.69, 9.17) is 4.74 Å². The Morgan fingerprint density at radius 1 is 1.56 bits per heavy atom. The number of ether oxygens (including phenoxy) is 1. The number of nitrogens with one attached hydrogen (secondary N) is 1. The van der Waals surface area contributed by atoms with Gasteiger partial charge in [0.25, 0.3) is 0 Å². The highest BCUT2D eigenvalue weighted by molar-refractivity contribution is 5.68. The minimum atomic E-state index is -0.424. The van der Waals surface area contributed by atoms with Crippen LogP contribution in [0.5, 0.6) is 0 Å². The summed E-state index contributed by atoms with van der Waals surface area (Å²) >= 11 is 0. The summed E-state index contributed by atoms with van der Waals surface area (Å²) in [5.41, 5.74) is 0.833. The molecule has 1 amide bonds. The van der Waals surface area contributed by atoms with E-state index in [2.05, 4.69) is 11.4 Å². The van der Waals surface area contributed by atoms with Gasteiger partial charge in [-0.25, -0.2) is 4.79 Å². The van der Waals surface area contributed by atoms with Crippen LogP contribution in [0.15, 0.2) is 11.6 Å². The molecule has 1 N–H and O–H groups in total. The first kappa shape index (κ1) is 13.0. The number of carbonyl (C=O) groups is 1. The lowest BCUT2D eigenvalue weighted by atomic mass is 10.2. The van der Waals surface area contributed by atoms with Crippen LogP contribution in [0.1, 0.15) is 27.7 Å². The van der Waals surface area contributed by atoms with Crippen molar-refractivity contribution < 1.29 is 9.53 Å². The van der Waals surface area contributed by atoms with Gasteiger partial charge >= 0.3 is 6.09 Å². The lowest BCUT2D eigenvalue weighted by Crippen LogP contribution is -2.38. The predicted molar refractivity (Wildman–Crippen MR) is 64.4 cm³/mol. The highest BCUT2D eigenvalue weighted by Gasteiger charge is 2.22. The Morgan fingerprint density at radius 2 is 2.25 bits per heavy atom. The van der Waals surface area contributed by atoms with Crippen molar-refractivity contribution in [2.24, 2.45) is 0 Å². The normalized spacial score (nSPS) is 15.9. The molecule has 0 unspecified atom stereocenters. The van der Waals surface area contributed by atoms with E-state index in [0.717, 1.165) is 13.1 Å². The summed E-state index contributed by atoms with van der Waals surface area (Å²) in [7, 11) is 0. The van der Waals surface area contributed by atoms with E-state index in [9.17, 15) is 4.79 Å². The predicted octanol–water partition coefficient (Wildman–Crippen LogP) is 1.77. The summed E-state index contributed by atoms with van der Waals surface area (Å²) in [5.74, 6) is 0. The van der Waals surface area contributed by atoms with E-state index >= 15 is 0 Å². The Hall–Kier alpha value is -1.03. The second kappa shape index (κ2) is 5.34. The van der Waals surface area contributed by atoms with Crippen molar-refractivity contribution in [2.45, 2.75) is 33.3 Å². The number of hydrogen-bond acceptors (Lipinski definition) is 3. The van der Waals surface area contributed by atoms with Crippen LogP contribution in [0.25, 0.3) is 0 Å². The maximum atomic E-state index is 11.8. The zero-order valence-electron chi connectivity index (χ0n) is 10.7. The number of amides is 1. The molecule has 0 aromatic carbocycles. The fourth-order valence-corrected chi connectivity index (χ4v) is 1.52. The number of rotatable bonds is 3. The molecule has 0 radical (unpaired) electrons. The molecule has 16 heavy (non-hydrogen) atoms. The summed E-state index contributed by atoms with van der Waals surface area (Å²) in [4.78, 5) is 13.6. The van der Waals surface area contributed by atoms with Gasteiger partial charge in [-0.15, -0.1) is 0 Å². The summed E-state index contributed by atoms with van der Waals surface area (Å²) in [5, 5.41) is 3.22. The van der Waals surface area contributed by atoms with Crippen molar-refractivity contribution in [3.63, 3.8) is 0 Å². The third-order valence-electron chi connectivity index (χ3n) is 2.31. The molecule has 0 atom stereocenters. The highest BCUT2D eigenvalue weighted by atomic mass is 16.6. The van der Waals surface area contributed by atoms with Crippen molar-refractivity contribution in [1.82, 2.24) is 10.2 Å². The molecular formula is C12H22N2O2. The molecule has 0 bridgehead atoms. The van der Waals surface area contributed by atoms with Crippen molar-refractivity contribution in [3.8, 4) is 0 Å². The number of hydrogen-bond donors (Lipinski definition) is 1. The van der Waals surface area contributed by atoms with E-state index in [0.29, 0.717) is 13.1 Å². The molecule has 0 saturated carbocycles. The van der Waals surface area contributed by atoms with Gasteiger partial charge in [0.1, 0.15) is 5.60 Å². The summed E-state index contributed by atoms with van der Waals surface area (Å²) < 4.78 is 5.34. The largest absolute Gasteiger partial charge is 0.444 e. The first-order valence-electron chi connectivity index (χ1n) is 5.79. The second-order valence-corrected chi connectivity index (χ2v) is 4.99. The Bertz CT molecular complexity index is 279. The minimum Gasteiger partial charge on any atom is -0.444 e. The smallest absolute Gasteiger partial charge is 0.410 e. The van der Waals surface area contributed by atoms with Gasteiger partial charge in [0, 0.05) is 26.2 Å². The van der Waals surface area contributed by atoms with Gasteiger partial charge in [-0.3, -0.25) is 0 Å². The average Bonchev–Trinajstić information content (AvgIpc) is 2.63. The van der Waals surface area contributed by atoms with Crippen molar-refractivity contribution >= 4 is 6.09 Å². The van der Waals surface area contributed by atoms with Gasteiger partial charge in [0.2, 0.25) is 0 Å². The topological polar surface area (TPSA) is 41.6 Å². The SMILES string of the molecule is CCN(CC1=CCNC1)C(=O)OC(C)(C)C. The third kappa shape index (κ3) is 4.23. The molecule has 0 aliphatic carbocycles. The Kier molecular flexibility index (Phi) is 4.35. The van der Waals surface area contributed by atoms with Crippen molar-refractivity contribution in [2.75, 3.05) is 26.2 Å². The van der Waals surface area contributed by atoms with Crippen LogP contribution in [-0.4, -0.2) is 42.8 Å². The Morgan fingerprint density at radius 3 is 2.69 bits per heavy atom. The van der Waals surface area contributed by atoms with E-state index in [1.807, 2.05) is 27.7 Å². The molecular weight excluding hydrogens is 204 g/mol. The van der Waals surface area contributed by atoms with Crippen LogP contribution in [0.3, 0.4) is 0 Å². The van der Waals surface area contributed by atoms with Gasteiger partial charge in [-0.1, -0.05) is 6.08 Å². The maximum absolute atomic E-state index is 11.8. The minimum absolute atomic E-state index is 0.234. The lowest BCUT2D eigenvalue weighted by molar-refractivity contribution is 0.0276. The van der Waals surface area contributed by atoms with Crippen molar-refractivity contribution in [3.05, 3.63) is 11.6 Å². The molecule has 4 heteroatoms. The Labute approximate surface area is 97.6 Å². The first-order chi connectivity index (χ1) is 7.42. The third-order valence-corrected chi connectivity index (χ3v) is 2.31. The van der Waals surface area contributed by atoms with E-state index in [-0.39, 0.29) is 6.09 Å². The van der Waals surface area contributed by atoms with Gasteiger partial charge in [-0.05, 0) is 33.3 Å². The molecule has 1 rings (SSSR count). The molecule has 1 aliphatic heterocycles. The molecule has 0 aromatic heterocycles. The van der Waals surface area contributed by atoms with Gasteiger partial charge in [0.05, 0.1) is 0 Å². The van der Waals surface area contributed by atoms with Gasteiger partial charge in [0.15, 0.2) is 0 Å². The number of nitrogens with zero attached hydrogens (tertiary/aromatic N) is 1. The number of carbonyl (C=O) groups excluding carboxylic acids is 1.